The number of hydrogen-bond donors (Lipinski definition) is 0. The first-order chi connectivity index (χ1) is 11.4. The zero-order chi connectivity index (χ0) is 19.4. The van der Waals surface area contributed by atoms with Crippen molar-refractivity contribution in [3.8, 4) is 0 Å². The van der Waals surface area contributed by atoms with Gasteiger partial charge < -0.3 is 4.90 Å². The zero-order valence-corrected chi connectivity index (χ0v) is 16.5. The fourth-order valence-electron chi connectivity index (χ4n) is 2.03. The number of alkyl halides is 3. The first-order valence-corrected chi connectivity index (χ1v) is 9.71. The molecule has 0 N–H and O–H groups in total. The van der Waals surface area contributed by atoms with E-state index in [-0.39, 0.29) is 21.5 Å². The van der Waals surface area contributed by atoms with E-state index in [1.165, 1.54) is 26.2 Å². The molecule has 0 aliphatic heterocycles. The van der Waals surface area contributed by atoms with E-state index in [9.17, 15) is 26.4 Å². The van der Waals surface area contributed by atoms with Gasteiger partial charge in [-0.15, -0.1) is 0 Å². The lowest BCUT2D eigenvalue weighted by Gasteiger charge is -2.24. The SMILES string of the molecule is CCCCN(CC(F)(F)F)C(=O)c1ccc(Br)c(S(=O)(=O)N(C)C)c1. The lowest BCUT2D eigenvalue weighted by atomic mass is 10.2. The van der Waals surface area contributed by atoms with Crippen molar-refractivity contribution < 1.29 is 26.4 Å². The maximum Gasteiger partial charge on any atom is 0.406 e. The van der Waals surface area contributed by atoms with Crippen LogP contribution >= 0.6 is 15.9 Å². The van der Waals surface area contributed by atoms with E-state index in [0.717, 1.165) is 10.4 Å². The molecule has 0 spiro atoms. The van der Waals surface area contributed by atoms with Gasteiger partial charge in [0.1, 0.15) is 6.54 Å². The fraction of sp³-hybridized carbons (Fsp3) is 0.533. The van der Waals surface area contributed by atoms with Crippen LogP contribution in [0.2, 0.25) is 0 Å². The van der Waals surface area contributed by atoms with Crippen molar-refractivity contribution in [1.29, 1.82) is 0 Å². The molecular weight excluding hydrogens is 425 g/mol. The first-order valence-electron chi connectivity index (χ1n) is 7.48. The van der Waals surface area contributed by atoms with Crippen LogP contribution in [0.15, 0.2) is 27.6 Å². The fourth-order valence-corrected chi connectivity index (χ4v) is 3.88. The normalized spacial score (nSPS) is 12.5. The Kier molecular flexibility index (Phi) is 7.45. The van der Waals surface area contributed by atoms with Crippen LogP contribution in [0.5, 0.6) is 0 Å². The quantitative estimate of drug-likeness (QED) is 0.646. The highest BCUT2D eigenvalue weighted by molar-refractivity contribution is 9.10. The van der Waals surface area contributed by atoms with Gasteiger partial charge in [0, 0.05) is 30.7 Å². The van der Waals surface area contributed by atoms with E-state index in [0.29, 0.717) is 17.7 Å². The van der Waals surface area contributed by atoms with Crippen LogP contribution < -0.4 is 0 Å². The molecule has 5 nitrogen and oxygen atoms in total. The van der Waals surface area contributed by atoms with Gasteiger partial charge >= 0.3 is 6.18 Å². The lowest BCUT2D eigenvalue weighted by Crippen LogP contribution is -2.39. The Balaban J connectivity index is 3.26. The van der Waals surface area contributed by atoms with Gasteiger partial charge in [-0.2, -0.15) is 13.2 Å². The molecule has 0 aliphatic rings. The molecule has 142 valence electrons. The van der Waals surface area contributed by atoms with Crippen molar-refractivity contribution in [1.82, 2.24) is 9.21 Å². The van der Waals surface area contributed by atoms with Gasteiger partial charge in [-0.05, 0) is 40.5 Å². The summed E-state index contributed by atoms with van der Waals surface area (Å²) in [5.41, 5.74) is -0.107. The summed E-state index contributed by atoms with van der Waals surface area (Å²) in [6.07, 6.45) is -3.49. The van der Waals surface area contributed by atoms with E-state index >= 15 is 0 Å². The molecule has 1 aromatic rings. The highest BCUT2D eigenvalue weighted by Gasteiger charge is 2.33. The Morgan fingerprint density at radius 3 is 2.32 bits per heavy atom. The van der Waals surface area contributed by atoms with Gasteiger partial charge in [0.25, 0.3) is 5.91 Å². The molecule has 1 rings (SSSR count). The monoisotopic (exact) mass is 444 g/mol. The molecule has 10 heteroatoms. The predicted molar refractivity (Wildman–Crippen MR) is 91.9 cm³/mol. The Morgan fingerprint density at radius 2 is 1.84 bits per heavy atom. The second-order valence-corrected chi connectivity index (χ2v) is 8.60. The lowest BCUT2D eigenvalue weighted by molar-refractivity contribution is -0.140. The van der Waals surface area contributed by atoms with Crippen LogP contribution in [0.4, 0.5) is 13.2 Å². The topological polar surface area (TPSA) is 57.7 Å². The number of carbonyl (C=O) groups is 1. The van der Waals surface area contributed by atoms with E-state index in [2.05, 4.69) is 15.9 Å². The summed E-state index contributed by atoms with van der Waals surface area (Å²) in [6, 6.07) is 3.74. The summed E-state index contributed by atoms with van der Waals surface area (Å²) in [5, 5.41) is 0. The van der Waals surface area contributed by atoms with Crippen molar-refractivity contribution in [2.24, 2.45) is 0 Å². The Bertz CT molecular complexity index is 721. The van der Waals surface area contributed by atoms with E-state index in [1.54, 1.807) is 6.92 Å². The van der Waals surface area contributed by atoms with Crippen LogP contribution in [-0.2, 0) is 10.0 Å². The summed E-state index contributed by atoms with van der Waals surface area (Å²) >= 11 is 3.10. The van der Waals surface area contributed by atoms with Gasteiger partial charge in [-0.25, -0.2) is 12.7 Å². The minimum absolute atomic E-state index is 0.0549. The van der Waals surface area contributed by atoms with E-state index in [1.807, 2.05) is 0 Å². The van der Waals surface area contributed by atoms with Gasteiger partial charge in [-0.1, -0.05) is 13.3 Å². The molecule has 0 atom stereocenters. The molecule has 25 heavy (non-hydrogen) atoms. The second kappa shape index (κ2) is 8.50. The molecule has 0 saturated heterocycles. The molecule has 0 fully saturated rings. The number of sulfonamides is 1. The summed E-state index contributed by atoms with van der Waals surface area (Å²) in [4.78, 5) is 13.0. The first kappa shape index (κ1) is 21.9. The highest BCUT2D eigenvalue weighted by Crippen LogP contribution is 2.26. The van der Waals surface area contributed by atoms with E-state index in [4.69, 9.17) is 0 Å². The van der Waals surface area contributed by atoms with Gasteiger partial charge in [0.2, 0.25) is 10.0 Å². The third-order valence-corrected chi connectivity index (χ3v) is 6.18. The number of halogens is 4. The Labute approximate surface area is 154 Å². The molecular formula is C15H20BrF3N2O3S. The van der Waals surface area contributed by atoms with Crippen LogP contribution in [-0.4, -0.2) is 56.9 Å². The van der Waals surface area contributed by atoms with Crippen molar-refractivity contribution in [3.63, 3.8) is 0 Å². The molecule has 0 saturated carbocycles. The van der Waals surface area contributed by atoms with Gasteiger partial charge in [0.15, 0.2) is 0 Å². The van der Waals surface area contributed by atoms with Crippen molar-refractivity contribution in [3.05, 3.63) is 28.2 Å². The summed E-state index contributed by atoms with van der Waals surface area (Å²) in [5.74, 6) is -0.853. The maximum atomic E-state index is 12.7. The minimum Gasteiger partial charge on any atom is -0.330 e. The Hall–Kier alpha value is -1.13. The number of unbranched alkanes of at least 4 members (excludes halogenated alkanes) is 1. The smallest absolute Gasteiger partial charge is 0.330 e. The number of benzene rings is 1. The van der Waals surface area contributed by atoms with Crippen LogP contribution in [0.25, 0.3) is 0 Å². The molecule has 0 radical (unpaired) electrons. The summed E-state index contributed by atoms with van der Waals surface area (Å²) in [6.45, 7) is 0.371. The zero-order valence-electron chi connectivity index (χ0n) is 14.1. The third-order valence-electron chi connectivity index (χ3n) is 3.38. The van der Waals surface area contributed by atoms with Crippen LogP contribution in [0.1, 0.15) is 30.1 Å². The third kappa shape index (κ3) is 5.96. The average Bonchev–Trinajstić information content (AvgIpc) is 2.49. The van der Waals surface area contributed by atoms with Crippen LogP contribution in [0.3, 0.4) is 0 Å². The maximum absolute atomic E-state index is 12.7. The summed E-state index contributed by atoms with van der Waals surface area (Å²) < 4.78 is 64.0. The highest BCUT2D eigenvalue weighted by atomic mass is 79.9. The number of nitrogens with zero attached hydrogens (tertiary/aromatic N) is 2. The average molecular weight is 445 g/mol. The second-order valence-electron chi connectivity index (χ2n) is 5.63. The molecule has 0 bridgehead atoms. The molecule has 0 unspecified atom stereocenters. The number of hydrogen-bond acceptors (Lipinski definition) is 3. The predicted octanol–water partition coefficient (Wildman–Crippen LogP) is 3.50. The molecule has 1 amide bonds. The largest absolute Gasteiger partial charge is 0.406 e. The Morgan fingerprint density at radius 1 is 1.24 bits per heavy atom. The van der Waals surface area contributed by atoms with Crippen molar-refractivity contribution >= 4 is 31.9 Å². The summed E-state index contributed by atoms with van der Waals surface area (Å²) in [7, 11) is -1.19. The molecule has 0 aromatic heterocycles. The van der Waals surface area contributed by atoms with Gasteiger partial charge in [-0.3, -0.25) is 4.79 Å². The van der Waals surface area contributed by atoms with E-state index < -0.39 is 28.7 Å². The standard InChI is InChI=1S/C15H20BrF3N2O3S/c1-4-5-8-21(10-15(17,18)19)14(22)11-6-7-12(16)13(9-11)25(23,24)20(2)3/h6-7,9H,4-5,8,10H2,1-3H3. The van der Waals surface area contributed by atoms with Crippen molar-refractivity contribution in [2.75, 3.05) is 27.2 Å². The minimum atomic E-state index is -4.53. The van der Waals surface area contributed by atoms with Gasteiger partial charge in [0.05, 0.1) is 4.90 Å². The number of rotatable bonds is 7. The molecule has 1 aromatic carbocycles. The molecule has 0 aliphatic carbocycles. The van der Waals surface area contributed by atoms with Crippen LogP contribution in [0, 0.1) is 0 Å². The number of amides is 1. The van der Waals surface area contributed by atoms with Crippen molar-refractivity contribution in [2.45, 2.75) is 30.8 Å². The number of carbonyl (C=O) groups excluding carboxylic acids is 1. The molecule has 0 heterocycles.